The van der Waals surface area contributed by atoms with Crippen LogP contribution >= 0.6 is 24.0 Å². The molecule has 1 heterocycles. The van der Waals surface area contributed by atoms with Gasteiger partial charge in [-0.1, -0.05) is 17.7 Å². The van der Waals surface area contributed by atoms with Crippen LogP contribution in [0.2, 0.25) is 5.02 Å². The molecule has 1 aliphatic rings. The van der Waals surface area contributed by atoms with Gasteiger partial charge in [0, 0.05) is 34.8 Å². The van der Waals surface area contributed by atoms with E-state index in [4.69, 9.17) is 16.3 Å². The molecule has 1 aromatic rings. The van der Waals surface area contributed by atoms with E-state index in [9.17, 15) is 14.7 Å². The summed E-state index contributed by atoms with van der Waals surface area (Å²) < 4.78 is 5.72. The SMILES string of the molecule is CC1(C)C=C(C(=O)NCC(O)CNC(=O)C(C)(C)Oc2ccc(Cl)cc2)C(C)(C)N1.Cl. The second-order valence-electron chi connectivity index (χ2n) is 9.17. The van der Waals surface area contributed by atoms with E-state index in [1.807, 2.05) is 33.8 Å². The van der Waals surface area contributed by atoms with Crippen LogP contribution in [0.25, 0.3) is 0 Å². The highest BCUT2D eigenvalue weighted by Gasteiger charge is 2.40. The Labute approximate surface area is 195 Å². The van der Waals surface area contributed by atoms with Crippen LogP contribution in [0.1, 0.15) is 41.5 Å². The molecule has 0 saturated heterocycles. The van der Waals surface area contributed by atoms with Crippen molar-refractivity contribution in [3.63, 3.8) is 0 Å². The van der Waals surface area contributed by atoms with Crippen molar-refractivity contribution in [2.45, 2.75) is 64.3 Å². The maximum absolute atomic E-state index is 12.5. The lowest BCUT2D eigenvalue weighted by Gasteiger charge is -2.28. The predicted octanol–water partition coefficient (Wildman–Crippen LogP) is 2.60. The summed E-state index contributed by atoms with van der Waals surface area (Å²) in [5, 5.41) is 19.5. The summed E-state index contributed by atoms with van der Waals surface area (Å²) in [5.74, 6) is -0.111. The second-order valence-corrected chi connectivity index (χ2v) is 9.61. The van der Waals surface area contributed by atoms with Gasteiger partial charge in [0.15, 0.2) is 5.60 Å². The average molecular weight is 474 g/mol. The first-order valence-electron chi connectivity index (χ1n) is 9.94. The summed E-state index contributed by atoms with van der Waals surface area (Å²) in [7, 11) is 0. The molecule has 4 N–H and O–H groups in total. The van der Waals surface area contributed by atoms with E-state index >= 15 is 0 Å². The number of benzene rings is 1. The molecule has 1 unspecified atom stereocenters. The normalized spacial score (nSPS) is 17.7. The number of halogens is 2. The highest BCUT2D eigenvalue weighted by Crippen LogP contribution is 2.29. The minimum atomic E-state index is -1.15. The van der Waals surface area contributed by atoms with Crippen LogP contribution < -0.4 is 20.7 Å². The minimum Gasteiger partial charge on any atom is -0.478 e. The fourth-order valence-corrected chi connectivity index (χ4v) is 3.57. The number of amides is 2. The van der Waals surface area contributed by atoms with Crippen LogP contribution in [0.3, 0.4) is 0 Å². The smallest absolute Gasteiger partial charge is 0.263 e. The first-order valence-corrected chi connectivity index (χ1v) is 10.3. The number of aliphatic hydroxyl groups excluding tert-OH is 1. The Morgan fingerprint density at radius 1 is 1.13 bits per heavy atom. The molecule has 1 aromatic carbocycles. The third kappa shape index (κ3) is 7.68. The summed E-state index contributed by atoms with van der Waals surface area (Å²) in [5.41, 5.74) is -1.26. The Kier molecular flexibility index (Phi) is 8.97. The van der Waals surface area contributed by atoms with Crippen molar-refractivity contribution >= 4 is 35.8 Å². The Balaban J connectivity index is 0.00000480. The van der Waals surface area contributed by atoms with E-state index in [1.54, 1.807) is 38.1 Å². The van der Waals surface area contributed by atoms with Gasteiger partial charge in [-0.15, -0.1) is 12.4 Å². The molecule has 31 heavy (non-hydrogen) atoms. The van der Waals surface area contributed by atoms with Crippen LogP contribution in [0.15, 0.2) is 35.9 Å². The number of rotatable bonds is 8. The molecule has 0 aromatic heterocycles. The van der Waals surface area contributed by atoms with Gasteiger partial charge >= 0.3 is 0 Å². The maximum Gasteiger partial charge on any atom is 0.263 e. The van der Waals surface area contributed by atoms with Gasteiger partial charge in [-0.2, -0.15) is 0 Å². The van der Waals surface area contributed by atoms with E-state index in [0.717, 1.165) is 0 Å². The molecule has 1 aliphatic heterocycles. The van der Waals surface area contributed by atoms with Crippen LogP contribution in [0, 0.1) is 0 Å². The van der Waals surface area contributed by atoms with E-state index in [-0.39, 0.29) is 42.8 Å². The zero-order valence-corrected chi connectivity index (χ0v) is 20.4. The van der Waals surface area contributed by atoms with Crippen molar-refractivity contribution < 1.29 is 19.4 Å². The predicted molar refractivity (Wildman–Crippen MR) is 125 cm³/mol. The lowest BCUT2D eigenvalue weighted by molar-refractivity contribution is -0.134. The number of carbonyl (C=O) groups excluding carboxylic acids is 2. The monoisotopic (exact) mass is 473 g/mol. The number of carbonyl (C=O) groups is 2. The Bertz CT molecular complexity index is 821. The van der Waals surface area contributed by atoms with E-state index in [1.165, 1.54) is 0 Å². The number of ether oxygens (including phenoxy) is 1. The molecule has 1 atom stereocenters. The van der Waals surface area contributed by atoms with Gasteiger partial charge in [0.1, 0.15) is 5.75 Å². The fourth-order valence-electron chi connectivity index (χ4n) is 3.44. The zero-order valence-electron chi connectivity index (χ0n) is 18.8. The third-order valence-electron chi connectivity index (χ3n) is 4.79. The second kappa shape index (κ2) is 10.2. The lowest BCUT2D eigenvalue weighted by atomic mass is 9.96. The van der Waals surface area contributed by atoms with Crippen LogP contribution in [-0.4, -0.2) is 52.8 Å². The Morgan fingerprint density at radius 2 is 1.68 bits per heavy atom. The first kappa shape index (κ1) is 27.2. The topological polar surface area (TPSA) is 99.7 Å². The van der Waals surface area contributed by atoms with Gasteiger partial charge in [0.05, 0.1) is 6.10 Å². The Hall–Kier alpha value is -1.80. The molecular weight excluding hydrogens is 441 g/mol. The van der Waals surface area contributed by atoms with Crippen molar-refractivity contribution in [1.29, 1.82) is 0 Å². The molecule has 2 amide bonds. The highest BCUT2D eigenvalue weighted by molar-refractivity contribution is 6.30. The van der Waals surface area contributed by atoms with Gasteiger partial charge < -0.3 is 20.5 Å². The molecule has 0 bridgehead atoms. The fraction of sp³-hybridized carbons (Fsp3) is 0.545. The number of nitrogens with one attached hydrogen (secondary N) is 3. The molecule has 2 rings (SSSR count). The van der Waals surface area contributed by atoms with Gasteiger partial charge in [-0.25, -0.2) is 0 Å². The number of aliphatic hydroxyl groups is 1. The number of hydrogen-bond donors (Lipinski definition) is 4. The zero-order chi connectivity index (χ0) is 22.7. The van der Waals surface area contributed by atoms with Crippen molar-refractivity contribution in [3.8, 4) is 5.75 Å². The van der Waals surface area contributed by atoms with Gasteiger partial charge in [-0.05, 0) is 65.8 Å². The minimum absolute atomic E-state index is 0. The molecule has 7 nitrogen and oxygen atoms in total. The van der Waals surface area contributed by atoms with Gasteiger partial charge in [-0.3, -0.25) is 14.9 Å². The Morgan fingerprint density at radius 3 is 2.19 bits per heavy atom. The van der Waals surface area contributed by atoms with Crippen molar-refractivity contribution in [2.24, 2.45) is 0 Å². The summed E-state index contributed by atoms with van der Waals surface area (Å²) in [6.07, 6.45) is 0.961. The standard InChI is InChI=1S/C22H32ClN3O4.ClH/c1-20(2)11-17(21(3,4)26-20)18(28)24-12-15(27)13-25-19(29)22(5,6)30-16-9-7-14(23)8-10-16;/h7-11,15,26-27H,12-13H2,1-6H3,(H,24,28)(H,25,29);1H. The summed E-state index contributed by atoms with van der Waals surface area (Å²) in [6, 6.07) is 6.71. The highest BCUT2D eigenvalue weighted by atomic mass is 35.5. The summed E-state index contributed by atoms with van der Waals surface area (Å²) in [4.78, 5) is 25.0. The quantitative estimate of drug-likeness (QED) is 0.464. The van der Waals surface area contributed by atoms with E-state index in [2.05, 4.69) is 16.0 Å². The first-order chi connectivity index (χ1) is 13.7. The largest absolute Gasteiger partial charge is 0.478 e. The van der Waals surface area contributed by atoms with Crippen molar-refractivity contribution in [1.82, 2.24) is 16.0 Å². The van der Waals surface area contributed by atoms with E-state index < -0.39 is 17.2 Å². The van der Waals surface area contributed by atoms with Crippen molar-refractivity contribution in [2.75, 3.05) is 13.1 Å². The van der Waals surface area contributed by atoms with E-state index in [0.29, 0.717) is 16.3 Å². The van der Waals surface area contributed by atoms with Crippen LogP contribution in [0.4, 0.5) is 0 Å². The molecule has 0 radical (unpaired) electrons. The van der Waals surface area contributed by atoms with Crippen molar-refractivity contribution in [3.05, 3.63) is 40.9 Å². The molecule has 0 spiro atoms. The van der Waals surface area contributed by atoms with Gasteiger partial charge in [0.25, 0.3) is 5.91 Å². The molecule has 0 fully saturated rings. The van der Waals surface area contributed by atoms with Crippen LogP contribution in [0.5, 0.6) is 5.75 Å². The average Bonchev–Trinajstić information content (AvgIpc) is 2.86. The molecular formula is C22H33Cl2N3O4. The van der Waals surface area contributed by atoms with Crippen LogP contribution in [-0.2, 0) is 9.59 Å². The summed E-state index contributed by atoms with van der Waals surface area (Å²) in [6.45, 7) is 11.1. The molecule has 0 aliphatic carbocycles. The lowest BCUT2D eigenvalue weighted by Crippen LogP contribution is -2.50. The summed E-state index contributed by atoms with van der Waals surface area (Å²) >= 11 is 5.85. The number of hydrogen-bond acceptors (Lipinski definition) is 5. The maximum atomic E-state index is 12.5. The molecule has 174 valence electrons. The molecule has 9 heteroatoms. The molecule has 0 saturated carbocycles. The van der Waals surface area contributed by atoms with Gasteiger partial charge in [0.2, 0.25) is 5.91 Å². The third-order valence-corrected chi connectivity index (χ3v) is 5.04.